The fourth-order valence-electron chi connectivity index (χ4n) is 3.13. The molecule has 0 spiro atoms. The van der Waals surface area contributed by atoms with Crippen LogP contribution in [-0.4, -0.2) is 62.4 Å². The molecule has 9 heteroatoms. The molecule has 1 aliphatic heterocycles. The van der Waals surface area contributed by atoms with Gasteiger partial charge < -0.3 is 9.64 Å². The van der Waals surface area contributed by atoms with E-state index in [2.05, 4.69) is 22.4 Å². The first kappa shape index (κ1) is 20.3. The number of esters is 1. The Morgan fingerprint density at radius 3 is 2.64 bits per heavy atom. The lowest BCUT2D eigenvalue weighted by molar-refractivity contribution is -0.151. The maximum atomic E-state index is 12.6. The monoisotopic (exact) mass is 403 g/mol. The smallest absolute Gasteiger partial charge is 0.309 e. The Morgan fingerprint density at radius 2 is 1.96 bits per heavy atom. The number of hydrogen-bond donors (Lipinski definition) is 0. The average molecular weight is 404 g/mol. The van der Waals surface area contributed by atoms with Crippen LogP contribution >= 0.6 is 11.8 Å². The third-order valence-electron chi connectivity index (χ3n) is 4.97. The summed E-state index contributed by atoms with van der Waals surface area (Å²) in [5.74, 6) is 0.0298. The molecule has 150 valence electrons. The predicted octanol–water partition coefficient (Wildman–Crippen LogP) is 2.17. The van der Waals surface area contributed by atoms with Crippen LogP contribution in [0.15, 0.2) is 23.4 Å². The summed E-state index contributed by atoms with van der Waals surface area (Å²) in [5.41, 5.74) is 3.23. The molecule has 8 nitrogen and oxygen atoms in total. The van der Waals surface area contributed by atoms with E-state index >= 15 is 0 Å². The van der Waals surface area contributed by atoms with Crippen molar-refractivity contribution in [1.82, 2.24) is 25.1 Å². The molecule has 0 unspecified atom stereocenters. The van der Waals surface area contributed by atoms with Gasteiger partial charge in [0.2, 0.25) is 11.1 Å². The summed E-state index contributed by atoms with van der Waals surface area (Å²) in [6.07, 6.45) is 1.30. The number of thioether (sulfide) groups is 1. The molecule has 0 N–H and O–H groups in total. The van der Waals surface area contributed by atoms with E-state index in [4.69, 9.17) is 4.74 Å². The quantitative estimate of drug-likeness (QED) is 0.539. The molecule has 0 atom stereocenters. The van der Waals surface area contributed by atoms with Crippen molar-refractivity contribution in [2.45, 2.75) is 38.8 Å². The van der Waals surface area contributed by atoms with Gasteiger partial charge >= 0.3 is 5.97 Å². The van der Waals surface area contributed by atoms with Crippen molar-refractivity contribution in [3.8, 4) is 5.69 Å². The largest absolute Gasteiger partial charge is 0.466 e. The Kier molecular flexibility index (Phi) is 6.66. The van der Waals surface area contributed by atoms with Crippen LogP contribution in [0.5, 0.6) is 0 Å². The van der Waals surface area contributed by atoms with E-state index in [1.54, 1.807) is 16.5 Å². The van der Waals surface area contributed by atoms with E-state index in [0.29, 0.717) is 37.7 Å². The molecule has 3 rings (SSSR count). The molecular weight excluding hydrogens is 378 g/mol. The Bertz CT molecular complexity index is 846. The molecule has 0 radical (unpaired) electrons. The molecule has 2 heterocycles. The Labute approximate surface area is 168 Å². The van der Waals surface area contributed by atoms with Gasteiger partial charge in [-0.2, -0.15) is 4.68 Å². The van der Waals surface area contributed by atoms with Crippen LogP contribution in [-0.2, 0) is 14.3 Å². The summed E-state index contributed by atoms with van der Waals surface area (Å²) in [4.78, 5) is 26.2. The Hall–Kier alpha value is -2.42. The normalized spacial score (nSPS) is 14.9. The van der Waals surface area contributed by atoms with E-state index in [0.717, 1.165) is 11.3 Å². The lowest BCUT2D eigenvalue weighted by atomic mass is 9.97. The molecule has 1 aliphatic rings. The number of benzene rings is 1. The van der Waals surface area contributed by atoms with E-state index in [1.807, 2.05) is 25.1 Å². The molecule has 1 amide bonds. The van der Waals surface area contributed by atoms with E-state index in [-0.39, 0.29) is 23.5 Å². The second-order valence-corrected chi connectivity index (χ2v) is 7.78. The summed E-state index contributed by atoms with van der Waals surface area (Å²) >= 11 is 1.32. The van der Waals surface area contributed by atoms with E-state index < -0.39 is 0 Å². The second-order valence-electron chi connectivity index (χ2n) is 6.84. The zero-order valence-electron chi connectivity index (χ0n) is 16.4. The molecule has 1 aromatic heterocycles. The van der Waals surface area contributed by atoms with Crippen LogP contribution in [0.25, 0.3) is 5.69 Å². The number of carbonyl (C=O) groups excluding carboxylic acids is 2. The molecule has 1 aromatic carbocycles. The minimum absolute atomic E-state index is 0.0296. The molecule has 1 fully saturated rings. The van der Waals surface area contributed by atoms with Crippen molar-refractivity contribution in [3.05, 3.63) is 29.3 Å². The van der Waals surface area contributed by atoms with Crippen molar-refractivity contribution in [1.29, 1.82) is 0 Å². The molecule has 0 saturated carbocycles. The lowest BCUT2D eigenvalue weighted by Crippen LogP contribution is -2.41. The Morgan fingerprint density at radius 1 is 1.21 bits per heavy atom. The van der Waals surface area contributed by atoms with Crippen molar-refractivity contribution in [2.75, 3.05) is 25.4 Å². The standard InChI is InChI=1S/C19H25N5O3S/c1-4-27-18(26)15-7-9-23(10-8-15)17(25)12-28-19-20-21-22-24(19)16-6-5-13(2)14(3)11-16/h5-6,11,15H,4,7-10,12H2,1-3H3. The summed E-state index contributed by atoms with van der Waals surface area (Å²) in [6.45, 7) is 7.44. The van der Waals surface area contributed by atoms with Crippen LogP contribution < -0.4 is 0 Å². The molecule has 0 bridgehead atoms. The number of rotatable bonds is 6. The van der Waals surface area contributed by atoms with Gasteiger partial charge in [-0.3, -0.25) is 9.59 Å². The number of aromatic nitrogens is 4. The van der Waals surface area contributed by atoms with E-state index in [9.17, 15) is 9.59 Å². The fraction of sp³-hybridized carbons (Fsp3) is 0.526. The van der Waals surface area contributed by atoms with Crippen LogP contribution in [0.2, 0.25) is 0 Å². The third-order valence-corrected chi connectivity index (χ3v) is 5.87. The number of piperidine rings is 1. The maximum Gasteiger partial charge on any atom is 0.309 e. The van der Waals surface area contributed by atoms with Gasteiger partial charge in [0.05, 0.1) is 24.0 Å². The highest BCUT2D eigenvalue weighted by Crippen LogP contribution is 2.23. The number of ether oxygens (including phenoxy) is 1. The molecule has 0 aliphatic carbocycles. The zero-order chi connectivity index (χ0) is 20.1. The van der Waals surface area contributed by atoms with Crippen LogP contribution in [0.4, 0.5) is 0 Å². The molecule has 2 aromatic rings. The number of amides is 1. The Balaban J connectivity index is 1.55. The highest BCUT2D eigenvalue weighted by molar-refractivity contribution is 7.99. The first-order chi connectivity index (χ1) is 13.5. The van der Waals surface area contributed by atoms with Crippen molar-refractivity contribution in [2.24, 2.45) is 5.92 Å². The summed E-state index contributed by atoms with van der Waals surface area (Å²) < 4.78 is 6.72. The van der Waals surface area contributed by atoms with Gasteiger partial charge in [-0.05, 0) is 67.3 Å². The van der Waals surface area contributed by atoms with E-state index in [1.165, 1.54) is 17.3 Å². The van der Waals surface area contributed by atoms with Gasteiger partial charge in [0.1, 0.15) is 0 Å². The average Bonchev–Trinajstić information content (AvgIpc) is 3.17. The molecular formula is C19H25N5O3S. The van der Waals surface area contributed by atoms with Crippen LogP contribution in [0.1, 0.15) is 30.9 Å². The first-order valence-electron chi connectivity index (χ1n) is 9.42. The number of tetrazole rings is 1. The highest BCUT2D eigenvalue weighted by atomic mass is 32.2. The third kappa shape index (κ3) is 4.70. The van der Waals surface area contributed by atoms with Gasteiger partial charge in [0.25, 0.3) is 0 Å². The van der Waals surface area contributed by atoms with Crippen molar-refractivity contribution < 1.29 is 14.3 Å². The van der Waals surface area contributed by atoms with Gasteiger partial charge in [0.15, 0.2) is 0 Å². The first-order valence-corrected chi connectivity index (χ1v) is 10.4. The SMILES string of the molecule is CCOC(=O)C1CCN(C(=O)CSc2nnnn2-c2ccc(C)c(C)c2)CC1. The summed E-state index contributed by atoms with van der Waals surface area (Å²) in [6, 6.07) is 6.02. The topological polar surface area (TPSA) is 90.2 Å². The van der Waals surface area contributed by atoms with Gasteiger partial charge in [-0.15, -0.1) is 5.10 Å². The lowest BCUT2D eigenvalue weighted by Gasteiger charge is -2.30. The van der Waals surface area contributed by atoms with Crippen molar-refractivity contribution in [3.63, 3.8) is 0 Å². The van der Waals surface area contributed by atoms with Gasteiger partial charge in [0, 0.05) is 13.1 Å². The second kappa shape index (κ2) is 9.18. The van der Waals surface area contributed by atoms with Gasteiger partial charge in [-0.25, -0.2) is 0 Å². The number of hydrogen-bond acceptors (Lipinski definition) is 7. The summed E-state index contributed by atoms with van der Waals surface area (Å²) in [7, 11) is 0. The minimum atomic E-state index is -0.156. The zero-order valence-corrected chi connectivity index (χ0v) is 17.2. The predicted molar refractivity (Wildman–Crippen MR) is 105 cm³/mol. The molecule has 28 heavy (non-hydrogen) atoms. The van der Waals surface area contributed by atoms with Crippen molar-refractivity contribution >= 4 is 23.6 Å². The number of likely N-dealkylation sites (tertiary alicyclic amines) is 1. The summed E-state index contributed by atoms with van der Waals surface area (Å²) in [5, 5.41) is 12.4. The van der Waals surface area contributed by atoms with Crippen LogP contribution in [0, 0.1) is 19.8 Å². The van der Waals surface area contributed by atoms with Gasteiger partial charge in [-0.1, -0.05) is 17.8 Å². The highest BCUT2D eigenvalue weighted by Gasteiger charge is 2.28. The molecule has 1 saturated heterocycles. The number of carbonyl (C=O) groups is 2. The number of aryl methyl sites for hydroxylation is 2. The minimum Gasteiger partial charge on any atom is -0.466 e. The maximum absolute atomic E-state index is 12.6. The number of nitrogens with zero attached hydrogens (tertiary/aromatic N) is 5. The fourth-order valence-corrected chi connectivity index (χ4v) is 3.92. The van der Waals surface area contributed by atoms with Crippen LogP contribution in [0.3, 0.4) is 0 Å².